The first-order valence-corrected chi connectivity index (χ1v) is 19.4. The molecule has 6 rings (SSSR count). The second kappa shape index (κ2) is 16.2. The van der Waals surface area contributed by atoms with E-state index in [4.69, 9.17) is 33.7 Å². The number of rotatable bonds is 15. The maximum atomic E-state index is 14.6. The van der Waals surface area contributed by atoms with E-state index in [1.807, 2.05) is 0 Å². The van der Waals surface area contributed by atoms with Crippen molar-refractivity contribution in [1.82, 2.24) is 19.7 Å². The van der Waals surface area contributed by atoms with Gasteiger partial charge in [-0.15, -0.1) is 0 Å². The average Bonchev–Trinajstić information content (AvgIpc) is 3.96. The fourth-order valence-electron chi connectivity index (χ4n) is 7.85. The van der Waals surface area contributed by atoms with Crippen LogP contribution in [0.3, 0.4) is 0 Å². The first-order chi connectivity index (χ1) is 25.9. The van der Waals surface area contributed by atoms with Gasteiger partial charge in [-0.3, -0.25) is 18.9 Å². The topological polar surface area (TPSA) is 233 Å². The number of ether oxygens (including phenoxy) is 4. The van der Waals surface area contributed by atoms with Gasteiger partial charge < -0.3 is 34.0 Å². The zero-order valence-electron chi connectivity index (χ0n) is 30.0. The molecule has 0 unspecified atom stereocenters. The molecule has 2 saturated carbocycles. The van der Waals surface area contributed by atoms with Crippen LogP contribution in [0.4, 0.5) is 5.82 Å². The summed E-state index contributed by atoms with van der Waals surface area (Å²) in [4.78, 5) is 54.6. The molecule has 3 heterocycles. The number of nitrogens with two attached hydrogens (primary N) is 1. The number of carbonyl (C=O) groups excluding carboxylic acids is 4. The van der Waals surface area contributed by atoms with Gasteiger partial charge in [-0.2, -0.15) is 10.4 Å². The third-order valence-corrected chi connectivity index (χ3v) is 11.7. The second-order valence-corrected chi connectivity index (χ2v) is 15.5. The van der Waals surface area contributed by atoms with Crippen LogP contribution < -0.4 is 15.3 Å². The molecular weight excluding hydrogens is 723 g/mol. The molecular formula is C36H43N6O11P. The highest BCUT2D eigenvalue weighted by Gasteiger charge is 2.62. The predicted octanol–water partition coefficient (Wildman–Crippen LogP) is 4.09. The molecule has 0 radical (unpaired) electrons. The number of para-hydroxylation sites is 1. The summed E-state index contributed by atoms with van der Waals surface area (Å²) < 4.78 is 51.1. The van der Waals surface area contributed by atoms with E-state index in [1.54, 1.807) is 18.2 Å². The Kier molecular flexibility index (Phi) is 11.7. The Hall–Kier alpha value is -4.88. The van der Waals surface area contributed by atoms with Crippen LogP contribution in [0.5, 0.6) is 5.75 Å². The molecule has 3 aliphatic rings. The number of nitrogen functional groups attached to an aromatic ring is 1. The van der Waals surface area contributed by atoms with E-state index in [2.05, 4.69) is 21.2 Å². The quantitative estimate of drug-likeness (QED) is 0.0960. The van der Waals surface area contributed by atoms with Crippen LogP contribution >= 0.6 is 7.75 Å². The molecule has 18 heteroatoms. The largest absolute Gasteiger partial charge is 0.459 e. The Labute approximate surface area is 311 Å². The summed E-state index contributed by atoms with van der Waals surface area (Å²) in [6, 6.07) is 11.6. The van der Waals surface area contributed by atoms with E-state index in [1.165, 1.54) is 28.8 Å². The number of benzene rings is 1. The molecule has 54 heavy (non-hydrogen) atoms. The van der Waals surface area contributed by atoms with E-state index < -0.39 is 74.2 Å². The standard InChI is InChI=1S/C36H43N6O11P/c1-23(44)49-32-29(51-36(21-37,33(32)50-24(2)45)30-15-14-28-34(38)39-22-40-42(28)30)20-48-54(47,53-27-12-4-3-5-13-27)41-26(19-43)18-31(46)52-35(16-8-9-17-35)25-10-6-7-11-25/h3-5,12-15,19,22,25-26,29,32-33H,6-11,16-18,20H2,1-2H3,(H,41,47)(H2,38,39,40)/t26-,29+,32+,33+,36-,54+/m0/s1. The van der Waals surface area contributed by atoms with Gasteiger partial charge in [0.1, 0.15) is 41.7 Å². The Morgan fingerprint density at radius 2 is 1.80 bits per heavy atom. The number of nitriles is 1. The van der Waals surface area contributed by atoms with Gasteiger partial charge in [-0.1, -0.05) is 31.0 Å². The van der Waals surface area contributed by atoms with Crippen molar-refractivity contribution in [2.45, 2.75) is 107 Å². The monoisotopic (exact) mass is 766 g/mol. The lowest BCUT2D eigenvalue weighted by Gasteiger charge is -2.35. The summed E-state index contributed by atoms with van der Waals surface area (Å²) in [5.74, 6) is -1.84. The molecule has 1 aliphatic heterocycles. The fraction of sp³-hybridized carbons (Fsp3) is 0.528. The zero-order chi connectivity index (χ0) is 38.5. The Bertz CT molecular complexity index is 1940. The number of anilines is 1. The van der Waals surface area contributed by atoms with Crippen LogP contribution in [0, 0.1) is 17.2 Å². The van der Waals surface area contributed by atoms with Gasteiger partial charge in [0, 0.05) is 13.8 Å². The Balaban J connectivity index is 1.28. The van der Waals surface area contributed by atoms with E-state index in [9.17, 15) is 29.0 Å². The third-order valence-electron chi connectivity index (χ3n) is 10.1. The lowest BCUT2D eigenvalue weighted by molar-refractivity contribution is -0.166. The van der Waals surface area contributed by atoms with Crippen molar-refractivity contribution in [3.63, 3.8) is 0 Å². The highest BCUT2D eigenvalue weighted by Crippen LogP contribution is 2.49. The van der Waals surface area contributed by atoms with E-state index in [-0.39, 0.29) is 23.2 Å². The van der Waals surface area contributed by atoms with Gasteiger partial charge in [0.25, 0.3) is 0 Å². The number of hydrogen-bond acceptors (Lipinski definition) is 15. The van der Waals surface area contributed by atoms with E-state index in [0.717, 1.165) is 71.5 Å². The molecule has 3 aromatic rings. The molecule has 17 nitrogen and oxygen atoms in total. The minimum atomic E-state index is -4.60. The number of hydrogen-bond donors (Lipinski definition) is 2. The van der Waals surface area contributed by atoms with Gasteiger partial charge in [-0.05, 0) is 68.7 Å². The summed E-state index contributed by atoms with van der Waals surface area (Å²) >= 11 is 0. The first kappa shape index (κ1) is 38.8. The van der Waals surface area contributed by atoms with Crippen molar-refractivity contribution in [1.29, 1.82) is 5.26 Å². The SMILES string of the molecule is CC(=O)O[C@H]1[C@@H](OC(C)=O)[C@](C#N)(c2ccc3c(N)ncnn23)O[C@@H]1CO[P@](=O)(N[C@H](C=O)CC(=O)OC1(C2CCCC2)CCCC1)Oc1ccccc1. The van der Waals surface area contributed by atoms with Crippen molar-refractivity contribution in [3.8, 4) is 11.8 Å². The molecule has 0 amide bonds. The van der Waals surface area contributed by atoms with E-state index in [0.29, 0.717) is 11.8 Å². The number of carbonyl (C=O) groups is 4. The Morgan fingerprint density at radius 3 is 2.44 bits per heavy atom. The maximum Gasteiger partial charge on any atom is 0.459 e. The van der Waals surface area contributed by atoms with Gasteiger partial charge in [-0.25, -0.2) is 19.2 Å². The van der Waals surface area contributed by atoms with Gasteiger partial charge >= 0.3 is 25.7 Å². The molecule has 1 aromatic carbocycles. The molecule has 288 valence electrons. The van der Waals surface area contributed by atoms with Crippen LogP contribution in [0.25, 0.3) is 5.52 Å². The lowest BCUT2D eigenvalue weighted by atomic mass is 9.84. The number of esters is 3. The molecule has 2 aromatic heterocycles. The zero-order valence-corrected chi connectivity index (χ0v) is 30.9. The van der Waals surface area contributed by atoms with Crippen LogP contribution in [0.2, 0.25) is 0 Å². The first-order valence-electron chi connectivity index (χ1n) is 17.9. The van der Waals surface area contributed by atoms with Crippen LogP contribution in [0.15, 0.2) is 48.8 Å². The molecule has 0 bridgehead atoms. The molecule has 3 N–H and O–H groups in total. The second-order valence-electron chi connectivity index (χ2n) is 13.8. The molecule has 1 saturated heterocycles. The molecule has 6 atom stereocenters. The minimum Gasteiger partial charge on any atom is -0.459 e. The summed E-state index contributed by atoms with van der Waals surface area (Å²) in [6.07, 6.45) is 4.10. The minimum absolute atomic E-state index is 0.0546. The van der Waals surface area contributed by atoms with Crippen LogP contribution in [-0.2, 0) is 52.8 Å². The maximum absolute atomic E-state index is 14.6. The highest BCUT2D eigenvalue weighted by molar-refractivity contribution is 7.52. The normalized spacial score (nSPS) is 25.3. The summed E-state index contributed by atoms with van der Waals surface area (Å²) in [6.45, 7) is 1.51. The predicted molar refractivity (Wildman–Crippen MR) is 188 cm³/mol. The molecule has 3 fully saturated rings. The summed E-state index contributed by atoms with van der Waals surface area (Å²) in [7, 11) is -4.60. The van der Waals surface area contributed by atoms with Crippen molar-refractivity contribution in [2.24, 2.45) is 5.92 Å². The number of nitrogens with one attached hydrogen (secondary N) is 1. The summed E-state index contributed by atoms with van der Waals surface area (Å²) in [5.41, 5.74) is 3.64. The van der Waals surface area contributed by atoms with Gasteiger partial charge in [0.05, 0.1) is 24.8 Å². The van der Waals surface area contributed by atoms with Gasteiger partial charge in [0.2, 0.25) is 5.60 Å². The van der Waals surface area contributed by atoms with Crippen LogP contribution in [0.1, 0.15) is 77.3 Å². The van der Waals surface area contributed by atoms with Crippen molar-refractivity contribution in [3.05, 3.63) is 54.5 Å². The highest BCUT2D eigenvalue weighted by atomic mass is 31.2. The smallest absolute Gasteiger partial charge is 0.459 e. The summed E-state index contributed by atoms with van der Waals surface area (Å²) in [5, 5.41) is 17.5. The third kappa shape index (κ3) is 8.12. The van der Waals surface area contributed by atoms with Crippen molar-refractivity contribution in [2.75, 3.05) is 12.3 Å². The Morgan fingerprint density at radius 1 is 1.09 bits per heavy atom. The average molecular weight is 767 g/mol. The number of aldehydes is 1. The van der Waals surface area contributed by atoms with Crippen molar-refractivity contribution >= 4 is 43.3 Å². The lowest BCUT2D eigenvalue weighted by Crippen LogP contribution is -2.45. The van der Waals surface area contributed by atoms with Crippen molar-refractivity contribution < 1.29 is 51.7 Å². The van der Waals surface area contributed by atoms with Gasteiger partial charge in [0.15, 0.2) is 18.0 Å². The number of fused-ring (bicyclic) bond motifs is 1. The number of aromatic nitrogens is 3. The molecule has 0 spiro atoms. The van der Waals surface area contributed by atoms with E-state index >= 15 is 0 Å². The fourth-order valence-corrected chi connectivity index (χ4v) is 9.33. The molecule has 2 aliphatic carbocycles. The van der Waals surface area contributed by atoms with Crippen LogP contribution in [-0.4, -0.2) is 75.4 Å². The number of nitrogens with zero attached hydrogens (tertiary/aromatic N) is 4.